The molecule has 1 aliphatic heterocycles. The Morgan fingerprint density at radius 3 is 2.62 bits per heavy atom. The molecular formula is C17H14BrNO2. The summed E-state index contributed by atoms with van der Waals surface area (Å²) >= 11 is 3.38. The van der Waals surface area contributed by atoms with E-state index in [0.29, 0.717) is 18.8 Å². The Balaban J connectivity index is 2.10. The third-order valence-corrected chi connectivity index (χ3v) is 4.50. The first-order valence-corrected chi connectivity index (χ1v) is 7.54. The molecule has 0 aliphatic carbocycles. The van der Waals surface area contributed by atoms with Crippen molar-refractivity contribution in [3.63, 3.8) is 0 Å². The first-order valence-electron chi connectivity index (χ1n) is 6.74. The molecule has 0 amide bonds. The Labute approximate surface area is 131 Å². The average molecular weight is 344 g/mol. The van der Waals surface area contributed by atoms with Crippen LogP contribution in [0.2, 0.25) is 0 Å². The van der Waals surface area contributed by atoms with E-state index >= 15 is 0 Å². The van der Waals surface area contributed by atoms with Crippen LogP contribution < -0.4 is 4.74 Å². The van der Waals surface area contributed by atoms with Gasteiger partial charge in [0, 0.05) is 16.5 Å². The van der Waals surface area contributed by atoms with E-state index in [0.717, 1.165) is 15.6 Å². The van der Waals surface area contributed by atoms with Crippen LogP contribution in [0.15, 0.2) is 53.0 Å². The second-order valence-corrected chi connectivity index (χ2v) is 6.05. The number of halogens is 1. The summed E-state index contributed by atoms with van der Waals surface area (Å²) in [5, 5.41) is 20.6. The molecule has 0 spiro atoms. The molecule has 2 atom stereocenters. The minimum Gasteiger partial charge on any atom is -0.493 e. The fraction of sp³-hybridized carbons (Fsp3) is 0.235. The topological polar surface area (TPSA) is 53.2 Å². The van der Waals surface area contributed by atoms with Gasteiger partial charge in [0.25, 0.3) is 0 Å². The van der Waals surface area contributed by atoms with Crippen LogP contribution in [-0.4, -0.2) is 11.7 Å². The summed E-state index contributed by atoms with van der Waals surface area (Å²) < 4.78 is 6.56. The monoisotopic (exact) mass is 343 g/mol. The lowest BCUT2D eigenvalue weighted by Crippen LogP contribution is -2.37. The number of ether oxygens (including phenoxy) is 1. The van der Waals surface area contributed by atoms with Crippen molar-refractivity contribution in [2.45, 2.75) is 17.9 Å². The Hall–Kier alpha value is -1.83. The van der Waals surface area contributed by atoms with Crippen molar-refractivity contribution in [3.8, 4) is 11.8 Å². The summed E-state index contributed by atoms with van der Waals surface area (Å²) in [6.45, 7) is 0.429. The van der Waals surface area contributed by atoms with Gasteiger partial charge >= 0.3 is 0 Å². The minimum atomic E-state index is -0.970. The van der Waals surface area contributed by atoms with Gasteiger partial charge < -0.3 is 9.84 Å². The number of rotatable bonds is 2. The summed E-state index contributed by atoms with van der Waals surface area (Å²) in [4.78, 5) is 0. The van der Waals surface area contributed by atoms with E-state index in [1.165, 1.54) is 0 Å². The normalized spacial score (nSPS) is 21.8. The van der Waals surface area contributed by atoms with Crippen LogP contribution in [0.25, 0.3) is 0 Å². The number of aliphatic hydroxyl groups excluding tert-OH is 1. The van der Waals surface area contributed by atoms with E-state index < -0.39 is 11.5 Å². The van der Waals surface area contributed by atoms with Crippen LogP contribution in [0.5, 0.6) is 5.75 Å². The molecule has 0 fully saturated rings. The molecule has 2 unspecified atom stereocenters. The lowest BCUT2D eigenvalue weighted by atomic mass is 9.71. The number of fused-ring (bicyclic) bond motifs is 1. The molecule has 0 aromatic heterocycles. The number of hydrogen-bond acceptors (Lipinski definition) is 3. The van der Waals surface area contributed by atoms with E-state index in [9.17, 15) is 10.4 Å². The number of aliphatic hydroxyl groups is 1. The van der Waals surface area contributed by atoms with Crippen LogP contribution in [0, 0.1) is 11.3 Å². The molecule has 3 nitrogen and oxygen atoms in total. The lowest BCUT2D eigenvalue weighted by molar-refractivity contribution is 0.0806. The summed E-state index contributed by atoms with van der Waals surface area (Å²) in [6, 6.07) is 17.2. The number of nitriles is 1. The van der Waals surface area contributed by atoms with Gasteiger partial charge in [-0.2, -0.15) is 5.26 Å². The smallest absolute Gasteiger partial charge is 0.124 e. The zero-order valence-corrected chi connectivity index (χ0v) is 12.9. The van der Waals surface area contributed by atoms with E-state index in [1.54, 1.807) is 0 Å². The number of hydrogen-bond donors (Lipinski definition) is 1. The third kappa shape index (κ3) is 2.33. The van der Waals surface area contributed by atoms with Crippen LogP contribution in [-0.2, 0) is 5.41 Å². The maximum atomic E-state index is 10.8. The number of nitrogens with zero attached hydrogens (tertiary/aromatic N) is 1. The maximum Gasteiger partial charge on any atom is 0.124 e. The summed E-state index contributed by atoms with van der Waals surface area (Å²) in [7, 11) is 0. The first-order chi connectivity index (χ1) is 10.2. The van der Waals surface area contributed by atoms with Crippen molar-refractivity contribution >= 4 is 15.9 Å². The molecule has 0 saturated carbocycles. The standard InChI is InChI=1S/C17H14BrNO2/c18-13-7-5-12(6-8-13)16(20)17(11-19)9-10-21-15-4-2-1-3-14(15)17/h1-8,16,20H,9-10H2. The number of benzene rings is 2. The van der Waals surface area contributed by atoms with Crippen molar-refractivity contribution in [3.05, 3.63) is 64.1 Å². The first kappa shape index (κ1) is 14.1. The average Bonchev–Trinajstić information content (AvgIpc) is 2.54. The van der Waals surface area contributed by atoms with Gasteiger partial charge in [-0.25, -0.2) is 0 Å². The molecular weight excluding hydrogens is 330 g/mol. The van der Waals surface area contributed by atoms with Crippen molar-refractivity contribution in [1.29, 1.82) is 5.26 Å². The summed E-state index contributed by atoms with van der Waals surface area (Å²) in [5.41, 5.74) is 0.522. The van der Waals surface area contributed by atoms with Gasteiger partial charge in [-0.1, -0.05) is 46.3 Å². The molecule has 1 N–H and O–H groups in total. The second-order valence-electron chi connectivity index (χ2n) is 5.13. The summed E-state index contributed by atoms with van der Waals surface area (Å²) in [5.74, 6) is 0.682. The molecule has 2 aromatic carbocycles. The molecule has 1 aliphatic rings. The van der Waals surface area contributed by atoms with Crippen LogP contribution in [0.1, 0.15) is 23.7 Å². The van der Waals surface area contributed by atoms with E-state index in [2.05, 4.69) is 22.0 Å². The van der Waals surface area contributed by atoms with Gasteiger partial charge in [0.1, 0.15) is 17.3 Å². The molecule has 3 rings (SSSR count). The predicted octanol–water partition coefficient (Wildman–Crippen LogP) is 3.73. The molecule has 2 aromatic rings. The Kier molecular flexibility index (Phi) is 3.71. The van der Waals surface area contributed by atoms with E-state index in [1.807, 2.05) is 48.5 Å². The molecule has 1 heterocycles. The van der Waals surface area contributed by atoms with Gasteiger partial charge in [0.2, 0.25) is 0 Å². The third-order valence-electron chi connectivity index (χ3n) is 3.97. The van der Waals surface area contributed by atoms with E-state index in [4.69, 9.17) is 4.74 Å². The van der Waals surface area contributed by atoms with Crippen molar-refractivity contribution < 1.29 is 9.84 Å². The Bertz CT molecular complexity index is 693. The highest BCUT2D eigenvalue weighted by molar-refractivity contribution is 9.10. The predicted molar refractivity (Wildman–Crippen MR) is 82.9 cm³/mol. The van der Waals surface area contributed by atoms with Gasteiger partial charge in [-0.3, -0.25) is 0 Å². The zero-order chi connectivity index (χ0) is 14.9. The molecule has 106 valence electrons. The molecule has 0 radical (unpaired) electrons. The van der Waals surface area contributed by atoms with Crippen LogP contribution in [0.4, 0.5) is 0 Å². The van der Waals surface area contributed by atoms with Crippen molar-refractivity contribution in [2.24, 2.45) is 0 Å². The van der Waals surface area contributed by atoms with Gasteiger partial charge in [-0.15, -0.1) is 0 Å². The molecule has 0 saturated heterocycles. The Morgan fingerprint density at radius 1 is 1.19 bits per heavy atom. The molecule has 0 bridgehead atoms. The fourth-order valence-corrected chi connectivity index (χ4v) is 3.07. The highest BCUT2D eigenvalue weighted by atomic mass is 79.9. The largest absolute Gasteiger partial charge is 0.493 e. The maximum absolute atomic E-state index is 10.8. The molecule has 21 heavy (non-hydrogen) atoms. The zero-order valence-electron chi connectivity index (χ0n) is 11.3. The molecule has 4 heteroatoms. The van der Waals surface area contributed by atoms with Crippen molar-refractivity contribution in [2.75, 3.05) is 6.61 Å². The highest BCUT2D eigenvalue weighted by Crippen LogP contribution is 2.46. The summed E-state index contributed by atoms with van der Waals surface area (Å²) in [6.07, 6.45) is -0.418. The van der Waals surface area contributed by atoms with Gasteiger partial charge in [-0.05, 0) is 23.8 Å². The Morgan fingerprint density at radius 2 is 1.90 bits per heavy atom. The SMILES string of the molecule is N#CC1(C(O)c2ccc(Br)cc2)CCOc2ccccc21. The van der Waals surface area contributed by atoms with Crippen molar-refractivity contribution in [1.82, 2.24) is 0 Å². The lowest BCUT2D eigenvalue weighted by Gasteiger charge is -2.37. The highest BCUT2D eigenvalue weighted by Gasteiger charge is 2.45. The van der Waals surface area contributed by atoms with Gasteiger partial charge in [0.15, 0.2) is 0 Å². The fourth-order valence-electron chi connectivity index (χ4n) is 2.81. The second kappa shape index (κ2) is 5.51. The minimum absolute atomic E-state index is 0.429. The van der Waals surface area contributed by atoms with Crippen LogP contribution >= 0.6 is 15.9 Å². The quantitative estimate of drug-likeness (QED) is 0.903. The number of para-hydroxylation sites is 1. The van der Waals surface area contributed by atoms with E-state index in [-0.39, 0.29) is 0 Å². The van der Waals surface area contributed by atoms with Gasteiger partial charge in [0.05, 0.1) is 12.7 Å². The van der Waals surface area contributed by atoms with Crippen LogP contribution in [0.3, 0.4) is 0 Å².